The van der Waals surface area contributed by atoms with Crippen LogP contribution in [0.3, 0.4) is 0 Å². The Kier molecular flexibility index (Phi) is 4.72. The summed E-state index contributed by atoms with van der Waals surface area (Å²) in [6.07, 6.45) is 3.47. The maximum Gasteiger partial charge on any atom is 0.269 e. The van der Waals surface area contributed by atoms with Crippen molar-refractivity contribution in [2.45, 2.75) is 26.3 Å². The van der Waals surface area contributed by atoms with E-state index >= 15 is 0 Å². The highest BCUT2D eigenvalue weighted by molar-refractivity contribution is 5.92. The van der Waals surface area contributed by atoms with E-state index in [4.69, 9.17) is 0 Å². The normalized spacial score (nSPS) is 10.4. The van der Waals surface area contributed by atoms with Gasteiger partial charge < -0.3 is 5.32 Å². The highest BCUT2D eigenvalue weighted by Crippen LogP contribution is 2.01. The lowest BCUT2D eigenvalue weighted by atomic mass is 10.1. The van der Waals surface area contributed by atoms with Crippen molar-refractivity contribution in [1.29, 1.82) is 0 Å². The number of benzene rings is 1. The van der Waals surface area contributed by atoms with Gasteiger partial charge in [-0.25, -0.2) is 0 Å². The minimum atomic E-state index is -0.0538. The van der Waals surface area contributed by atoms with Crippen LogP contribution in [0.4, 0.5) is 0 Å². The standard InChI is InChI=1S/C15H19N3O/c1-2-12-18-14(9-11-17-18)15(19)16-10-8-13-6-4-3-5-7-13/h3-7,9,11H,2,8,10,12H2,1H3,(H,16,19). The van der Waals surface area contributed by atoms with Gasteiger partial charge in [0.1, 0.15) is 5.69 Å². The molecule has 4 nitrogen and oxygen atoms in total. The lowest BCUT2D eigenvalue weighted by Gasteiger charge is -2.07. The Morgan fingerprint density at radius 3 is 2.79 bits per heavy atom. The molecule has 100 valence electrons. The van der Waals surface area contributed by atoms with Crippen molar-refractivity contribution in [3.63, 3.8) is 0 Å². The summed E-state index contributed by atoms with van der Waals surface area (Å²) >= 11 is 0. The Morgan fingerprint density at radius 2 is 2.05 bits per heavy atom. The third-order valence-corrected chi connectivity index (χ3v) is 2.93. The molecule has 1 aromatic carbocycles. The van der Waals surface area contributed by atoms with Gasteiger partial charge in [-0.05, 0) is 24.5 Å². The van der Waals surface area contributed by atoms with Gasteiger partial charge in [-0.15, -0.1) is 0 Å². The summed E-state index contributed by atoms with van der Waals surface area (Å²) in [5.41, 5.74) is 1.86. The number of rotatable bonds is 6. The Morgan fingerprint density at radius 1 is 1.26 bits per heavy atom. The molecular weight excluding hydrogens is 238 g/mol. The van der Waals surface area contributed by atoms with Crippen LogP contribution in [-0.4, -0.2) is 22.2 Å². The zero-order valence-corrected chi connectivity index (χ0v) is 11.2. The number of nitrogens with one attached hydrogen (secondary N) is 1. The Bertz CT molecular complexity index is 519. The second-order valence-electron chi connectivity index (χ2n) is 4.43. The summed E-state index contributed by atoms with van der Waals surface area (Å²) in [4.78, 5) is 12.0. The maximum atomic E-state index is 12.0. The van der Waals surface area contributed by atoms with Gasteiger partial charge in [-0.1, -0.05) is 37.3 Å². The van der Waals surface area contributed by atoms with Crippen LogP contribution in [-0.2, 0) is 13.0 Å². The number of carbonyl (C=O) groups is 1. The van der Waals surface area contributed by atoms with Crippen molar-refractivity contribution in [1.82, 2.24) is 15.1 Å². The fourth-order valence-electron chi connectivity index (χ4n) is 1.97. The number of nitrogens with zero attached hydrogens (tertiary/aromatic N) is 2. The van der Waals surface area contributed by atoms with Crippen molar-refractivity contribution in [2.24, 2.45) is 0 Å². The molecule has 4 heteroatoms. The first-order valence-electron chi connectivity index (χ1n) is 6.65. The molecule has 0 aliphatic rings. The number of aryl methyl sites for hydroxylation is 1. The van der Waals surface area contributed by atoms with Crippen LogP contribution in [0.2, 0.25) is 0 Å². The van der Waals surface area contributed by atoms with Gasteiger partial charge in [0, 0.05) is 19.3 Å². The molecule has 0 radical (unpaired) electrons. The first-order valence-corrected chi connectivity index (χ1v) is 6.65. The third-order valence-electron chi connectivity index (χ3n) is 2.93. The fourth-order valence-corrected chi connectivity index (χ4v) is 1.97. The highest BCUT2D eigenvalue weighted by atomic mass is 16.2. The van der Waals surface area contributed by atoms with Gasteiger partial charge in [-0.3, -0.25) is 9.48 Å². The molecule has 0 unspecified atom stereocenters. The summed E-state index contributed by atoms with van der Waals surface area (Å²) in [7, 11) is 0. The average molecular weight is 257 g/mol. The van der Waals surface area contributed by atoms with Crippen LogP contribution in [0.15, 0.2) is 42.6 Å². The molecule has 2 rings (SSSR count). The van der Waals surface area contributed by atoms with E-state index in [0.29, 0.717) is 12.2 Å². The van der Waals surface area contributed by atoms with Gasteiger partial charge in [0.25, 0.3) is 5.91 Å². The monoisotopic (exact) mass is 257 g/mol. The van der Waals surface area contributed by atoms with Crippen molar-refractivity contribution in [3.8, 4) is 0 Å². The number of hydrogen-bond donors (Lipinski definition) is 1. The van der Waals surface area contributed by atoms with Crippen LogP contribution in [0.25, 0.3) is 0 Å². The van der Waals surface area contributed by atoms with E-state index in [1.54, 1.807) is 16.9 Å². The van der Waals surface area contributed by atoms with E-state index in [9.17, 15) is 4.79 Å². The third kappa shape index (κ3) is 3.68. The quantitative estimate of drug-likeness (QED) is 0.863. The molecule has 0 saturated heterocycles. The lowest BCUT2D eigenvalue weighted by Crippen LogP contribution is -2.28. The highest BCUT2D eigenvalue weighted by Gasteiger charge is 2.10. The molecule has 0 bridgehead atoms. The molecule has 1 aromatic heterocycles. The maximum absolute atomic E-state index is 12.0. The minimum absolute atomic E-state index is 0.0538. The summed E-state index contributed by atoms with van der Waals surface area (Å²) in [6, 6.07) is 11.9. The number of amides is 1. The molecule has 0 aliphatic heterocycles. The predicted octanol–water partition coefficient (Wildman–Crippen LogP) is 2.27. The molecule has 0 saturated carbocycles. The lowest BCUT2D eigenvalue weighted by molar-refractivity contribution is 0.0943. The number of hydrogen-bond acceptors (Lipinski definition) is 2. The largest absolute Gasteiger partial charge is 0.350 e. The Balaban J connectivity index is 1.86. The Hall–Kier alpha value is -2.10. The van der Waals surface area contributed by atoms with Gasteiger partial charge in [0.15, 0.2) is 0 Å². The van der Waals surface area contributed by atoms with Crippen molar-refractivity contribution in [3.05, 3.63) is 53.9 Å². The molecular formula is C15H19N3O. The molecule has 0 atom stereocenters. The van der Waals surface area contributed by atoms with Gasteiger partial charge >= 0.3 is 0 Å². The van der Waals surface area contributed by atoms with Gasteiger partial charge in [0.05, 0.1) is 0 Å². The Labute approximate surface area is 113 Å². The van der Waals surface area contributed by atoms with E-state index in [-0.39, 0.29) is 5.91 Å². The zero-order chi connectivity index (χ0) is 13.5. The molecule has 19 heavy (non-hydrogen) atoms. The van der Waals surface area contributed by atoms with Crippen LogP contribution >= 0.6 is 0 Å². The molecule has 1 N–H and O–H groups in total. The van der Waals surface area contributed by atoms with Crippen LogP contribution in [0.1, 0.15) is 29.4 Å². The van der Waals surface area contributed by atoms with Gasteiger partial charge in [-0.2, -0.15) is 5.10 Å². The smallest absolute Gasteiger partial charge is 0.269 e. The van der Waals surface area contributed by atoms with Crippen LogP contribution in [0, 0.1) is 0 Å². The number of carbonyl (C=O) groups excluding carboxylic acids is 1. The van der Waals surface area contributed by atoms with Crippen molar-refractivity contribution in [2.75, 3.05) is 6.54 Å². The minimum Gasteiger partial charge on any atom is -0.350 e. The second kappa shape index (κ2) is 6.73. The SMILES string of the molecule is CCCn1nccc1C(=O)NCCc1ccccc1. The van der Waals surface area contributed by atoms with Crippen LogP contribution in [0.5, 0.6) is 0 Å². The summed E-state index contributed by atoms with van der Waals surface area (Å²) in [5.74, 6) is -0.0538. The van der Waals surface area contributed by atoms with Gasteiger partial charge in [0.2, 0.25) is 0 Å². The molecule has 2 aromatic rings. The molecule has 1 amide bonds. The topological polar surface area (TPSA) is 46.9 Å². The van der Waals surface area contributed by atoms with E-state index < -0.39 is 0 Å². The first-order chi connectivity index (χ1) is 9.31. The summed E-state index contributed by atoms with van der Waals surface area (Å²) in [6.45, 7) is 3.48. The summed E-state index contributed by atoms with van der Waals surface area (Å²) in [5, 5.41) is 7.08. The van der Waals surface area contributed by atoms with E-state index in [0.717, 1.165) is 19.4 Å². The van der Waals surface area contributed by atoms with E-state index in [2.05, 4.69) is 29.5 Å². The van der Waals surface area contributed by atoms with Crippen LogP contribution < -0.4 is 5.32 Å². The first kappa shape index (κ1) is 13.3. The molecule has 1 heterocycles. The molecule has 0 fully saturated rings. The number of aromatic nitrogens is 2. The summed E-state index contributed by atoms with van der Waals surface area (Å²) < 4.78 is 1.75. The fraction of sp³-hybridized carbons (Fsp3) is 0.333. The van der Waals surface area contributed by atoms with Crippen molar-refractivity contribution < 1.29 is 4.79 Å². The average Bonchev–Trinajstić information content (AvgIpc) is 2.89. The zero-order valence-electron chi connectivity index (χ0n) is 11.2. The van der Waals surface area contributed by atoms with E-state index in [1.165, 1.54) is 5.56 Å². The van der Waals surface area contributed by atoms with E-state index in [1.807, 2.05) is 18.2 Å². The van der Waals surface area contributed by atoms with Crippen molar-refractivity contribution >= 4 is 5.91 Å². The predicted molar refractivity (Wildman–Crippen MR) is 75.0 cm³/mol. The molecule has 0 aliphatic carbocycles. The molecule has 0 spiro atoms. The second-order valence-corrected chi connectivity index (χ2v) is 4.43.